The van der Waals surface area contributed by atoms with Crippen LogP contribution in [0.15, 0.2) is 65.6 Å². The van der Waals surface area contributed by atoms with Gasteiger partial charge in [-0.15, -0.1) is 0 Å². The second-order valence-electron chi connectivity index (χ2n) is 9.85. The number of carboxylic acid groups (broad SMARTS) is 1. The highest BCUT2D eigenvalue weighted by molar-refractivity contribution is 5.94. The maximum atomic E-state index is 13.5. The van der Waals surface area contributed by atoms with Crippen LogP contribution in [0, 0.1) is 6.92 Å². The average Bonchev–Trinajstić information content (AvgIpc) is 2.92. The van der Waals surface area contributed by atoms with Gasteiger partial charge in [0.05, 0.1) is 30.2 Å². The molecule has 1 fully saturated rings. The molecule has 0 bridgehead atoms. The van der Waals surface area contributed by atoms with Crippen LogP contribution in [-0.2, 0) is 18.3 Å². The van der Waals surface area contributed by atoms with Crippen LogP contribution in [0.2, 0.25) is 0 Å². The van der Waals surface area contributed by atoms with Crippen molar-refractivity contribution >= 4 is 22.4 Å². The highest BCUT2D eigenvalue weighted by Gasteiger charge is 2.18. The number of morpholine rings is 1. The zero-order valence-corrected chi connectivity index (χ0v) is 21.9. The average molecular weight is 513 g/mol. The largest absolute Gasteiger partial charge is 0.478 e. The third-order valence-corrected chi connectivity index (χ3v) is 7.14. The Morgan fingerprint density at radius 1 is 1.11 bits per heavy atom. The number of nitrogens with one attached hydrogen (secondary N) is 1. The number of benzene rings is 2. The van der Waals surface area contributed by atoms with Gasteiger partial charge in [-0.1, -0.05) is 18.2 Å². The Kier molecular flexibility index (Phi) is 7.26. The first-order valence-electron chi connectivity index (χ1n) is 12.8. The molecule has 1 aliphatic heterocycles. The lowest BCUT2D eigenvalue weighted by atomic mass is 9.96. The van der Waals surface area contributed by atoms with Gasteiger partial charge < -0.3 is 19.7 Å². The Morgan fingerprint density at radius 3 is 2.58 bits per heavy atom. The predicted octanol–water partition coefficient (Wildman–Crippen LogP) is 4.61. The summed E-state index contributed by atoms with van der Waals surface area (Å²) in [4.78, 5) is 32.2. The van der Waals surface area contributed by atoms with E-state index in [0.29, 0.717) is 11.1 Å². The summed E-state index contributed by atoms with van der Waals surface area (Å²) in [7, 11) is 1.78. The summed E-state index contributed by atoms with van der Waals surface area (Å²) in [5.41, 5.74) is 5.16. The molecular weight excluding hydrogens is 480 g/mol. The molecule has 1 aliphatic rings. The van der Waals surface area contributed by atoms with Crippen LogP contribution in [0.1, 0.15) is 40.1 Å². The van der Waals surface area contributed by atoms with E-state index >= 15 is 0 Å². The van der Waals surface area contributed by atoms with E-state index in [1.807, 2.05) is 44.3 Å². The van der Waals surface area contributed by atoms with Crippen molar-refractivity contribution in [2.75, 3.05) is 31.6 Å². The number of aromatic nitrogens is 2. The third kappa shape index (κ3) is 5.18. The van der Waals surface area contributed by atoms with Gasteiger partial charge in [0, 0.05) is 55.6 Å². The molecule has 2 aromatic carbocycles. The van der Waals surface area contributed by atoms with Crippen LogP contribution in [0.5, 0.6) is 0 Å². The Hall–Kier alpha value is -4.01. The molecule has 2 aromatic heterocycles. The summed E-state index contributed by atoms with van der Waals surface area (Å²) in [5, 5.41) is 14.4. The molecule has 5 rings (SSSR count). The molecule has 196 valence electrons. The van der Waals surface area contributed by atoms with Crippen LogP contribution in [0.25, 0.3) is 22.0 Å². The minimum Gasteiger partial charge on any atom is -0.478 e. The first kappa shape index (κ1) is 25.6. The molecule has 1 unspecified atom stereocenters. The summed E-state index contributed by atoms with van der Waals surface area (Å²) >= 11 is 0. The molecule has 0 spiro atoms. The van der Waals surface area contributed by atoms with E-state index in [4.69, 9.17) is 4.74 Å². The molecule has 0 aliphatic carbocycles. The molecule has 2 N–H and O–H groups in total. The number of hydrogen-bond acceptors (Lipinski definition) is 6. The fourth-order valence-electron chi connectivity index (χ4n) is 5.09. The van der Waals surface area contributed by atoms with Crippen LogP contribution < -0.4 is 10.9 Å². The number of nitrogens with zero attached hydrogens (tertiary/aromatic N) is 3. The van der Waals surface area contributed by atoms with E-state index < -0.39 is 5.97 Å². The minimum atomic E-state index is -0.991. The van der Waals surface area contributed by atoms with Crippen molar-refractivity contribution in [3.05, 3.63) is 93.5 Å². The highest BCUT2D eigenvalue weighted by Crippen LogP contribution is 2.31. The van der Waals surface area contributed by atoms with Crippen LogP contribution in [-0.4, -0.2) is 51.8 Å². The van der Waals surface area contributed by atoms with Gasteiger partial charge in [-0.05, 0) is 66.8 Å². The third-order valence-electron chi connectivity index (χ3n) is 7.14. The number of fused-ring (bicyclic) bond motifs is 1. The summed E-state index contributed by atoms with van der Waals surface area (Å²) < 4.78 is 7.10. The number of carbonyl (C=O) groups is 1. The number of anilines is 1. The topological polar surface area (TPSA) is 96.7 Å². The lowest BCUT2D eigenvalue weighted by Crippen LogP contribution is -2.35. The summed E-state index contributed by atoms with van der Waals surface area (Å²) in [5.74, 6) is -0.991. The summed E-state index contributed by atoms with van der Waals surface area (Å²) in [6.45, 7) is 7.99. The number of pyridine rings is 2. The van der Waals surface area contributed by atoms with E-state index in [0.717, 1.165) is 66.3 Å². The number of ether oxygens (including phenoxy) is 1. The fraction of sp³-hybridized carbons (Fsp3) is 0.300. The normalized spacial score (nSPS) is 14.9. The lowest BCUT2D eigenvalue weighted by Gasteiger charge is -2.26. The number of para-hydroxylation sites is 1. The van der Waals surface area contributed by atoms with Crippen LogP contribution in [0.4, 0.5) is 5.69 Å². The van der Waals surface area contributed by atoms with Gasteiger partial charge in [-0.3, -0.25) is 14.7 Å². The van der Waals surface area contributed by atoms with Crippen molar-refractivity contribution in [3.8, 4) is 11.3 Å². The minimum absolute atomic E-state index is 0.0852. The first-order chi connectivity index (χ1) is 18.3. The molecule has 8 heteroatoms. The molecule has 0 saturated carbocycles. The Labute approximate surface area is 221 Å². The highest BCUT2D eigenvalue weighted by atomic mass is 16.5. The van der Waals surface area contributed by atoms with Crippen molar-refractivity contribution in [2.24, 2.45) is 7.05 Å². The van der Waals surface area contributed by atoms with Gasteiger partial charge in [-0.2, -0.15) is 0 Å². The van der Waals surface area contributed by atoms with E-state index in [9.17, 15) is 14.7 Å². The van der Waals surface area contributed by atoms with Gasteiger partial charge in [0.1, 0.15) is 0 Å². The molecule has 0 radical (unpaired) electrons. The maximum Gasteiger partial charge on any atom is 0.337 e. The molecular formula is C30H32N4O4. The van der Waals surface area contributed by atoms with Crippen molar-refractivity contribution in [3.63, 3.8) is 0 Å². The SMILES string of the molecule is Cc1cc(C(C)Nc2ccccc2C(=O)O)c2cc(-c3ccc(CN4CCOCC4)nc3)n(C)c(=O)c2c1. The van der Waals surface area contributed by atoms with Crippen molar-refractivity contribution < 1.29 is 14.6 Å². The first-order valence-corrected chi connectivity index (χ1v) is 12.8. The molecule has 1 atom stereocenters. The lowest BCUT2D eigenvalue weighted by molar-refractivity contribution is 0.0336. The smallest absolute Gasteiger partial charge is 0.337 e. The zero-order valence-electron chi connectivity index (χ0n) is 21.9. The van der Waals surface area contributed by atoms with E-state index in [-0.39, 0.29) is 17.2 Å². The number of rotatable bonds is 7. The van der Waals surface area contributed by atoms with Gasteiger partial charge in [-0.25, -0.2) is 4.79 Å². The summed E-state index contributed by atoms with van der Waals surface area (Å²) in [6, 6.07) is 16.6. The van der Waals surface area contributed by atoms with Crippen LogP contribution >= 0.6 is 0 Å². The quantitative estimate of drug-likeness (QED) is 0.373. The van der Waals surface area contributed by atoms with Crippen molar-refractivity contribution in [1.82, 2.24) is 14.5 Å². The van der Waals surface area contributed by atoms with Gasteiger partial charge >= 0.3 is 5.97 Å². The molecule has 0 amide bonds. The zero-order chi connectivity index (χ0) is 26.8. The maximum absolute atomic E-state index is 13.5. The Bertz CT molecular complexity index is 1540. The molecule has 1 saturated heterocycles. The monoisotopic (exact) mass is 512 g/mol. The molecule has 4 aromatic rings. The molecule has 38 heavy (non-hydrogen) atoms. The number of aromatic carboxylic acids is 1. The van der Waals surface area contributed by atoms with E-state index in [2.05, 4.69) is 21.3 Å². The number of aryl methyl sites for hydroxylation is 1. The van der Waals surface area contributed by atoms with Gasteiger partial charge in [0.15, 0.2) is 0 Å². The van der Waals surface area contributed by atoms with Gasteiger partial charge in [0.25, 0.3) is 5.56 Å². The van der Waals surface area contributed by atoms with Gasteiger partial charge in [0.2, 0.25) is 0 Å². The predicted molar refractivity (Wildman–Crippen MR) is 149 cm³/mol. The summed E-state index contributed by atoms with van der Waals surface area (Å²) in [6.07, 6.45) is 1.83. The Morgan fingerprint density at radius 2 is 1.87 bits per heavy atom. The second kappa shape index (κ2) is 10.8. The molecule has 8 nitrogen and oxygen atoms in total. The van der Waals surface area contributed by atoms with E-state index in [1.54, 1.807) is 35.9 Å². The van der Waals surface area contributed by atoms with Crippen molar-refractivity contribution in [1.29, 1.82) is 0 Å². The van der Waals surface area contributed by atoms with E-state index in [1.165, 1.54) is 0 Å². The van der Waals surface area contributed by atoms with Crippen molar-refractivity contribution in [2.45, 2.75) is 26.4 Å². The number of carboxylic acids is 1. The fourth-order valence-corrected chi connectivity index (χ4v) is 5.09. The second-order valence-corrected chi connectivity index (χ2v) is 9.85. The Balaban J connectivity index is 1.52. The van der Waals surface area contributed by atoms with Crippen LogP contribution in [0.3, 0.4) is 0 Å². The standard InChI is InChI=1S/C30H32N4O4/c1-19-14-24(20(2)32-27-7-5-4-6-23(27)30(36)37)25-16-28(33(3)29(35)26(25)15-19)21-8-9-22(31-17-21)18-34-10-12-38-13-11-34/h4-9,14-17,20,32H,10-13,18H2,1-3H3,(H,36,37). The molecule has 3 heterocycles. The number of hydrogen-bond donors (Lipinski definition) is 2.